The molecule has 0 aliphatic carbocycles. The molecule has 14 heavy (non-hydrogen) atoms. The van der Waals surface area contributed by atoms with Crippen LogP contribution in [0.1, 0.15) is 13.8 Å². The number of ether oxygens (including phenoxy) is 1. The second-order valence-corrected chi connectivity index (χ2v) is 4.76. The minimum atomic E-state index is -1.24. The van der Waals surface area contributed by atoms with Gasteiger partial charge in [0.25, 0.3) is 0 Å². The fraction of sp³-hybridized carbons (Fsp3) is 1.00. The number of aliphatic hydroxyl groups excluding tert-OH is 4. The summed E-state index contributed by atoms with van der Waals surface area (Å²) in [6, 6.07) is 0. The summed E-state index contributed by atoms with van der Waals surface area (Å²) >= 11 is 0. The van der Waals surface area contributed by atoms with E-state index in [1.807, 2.05) is 0 Å². The zero-order chi connectivity index (χ0) is 10.7. The van der Waals surface area contributed by atoms with Gasteiger partial charge in [-0.25, -0.2) is 0 Å². The van der Waals surface area contributed by atoms with Gasteiger partial charge in [-0.15, -0.1) is 0 Å². The van der Waals surface area contributed by atoms with Gasteiger partial charge in [-0.1, -0.05) is 13.8 Å². The van der Waals surface area contributed by atoms with Crippen molar-refractivity contribution in [3.8, 4) is 0 Å². The van der Waals surface area contributed by atoms with Crippen molar-refractivity contribution in [3.05, 3.63) is 0 Å². The maximum Gasteiger partial charge on any atom is 0.113 e. The van der Waals surface area contributed by atoms with Crippen molar-refractivity contribution in [2.45, 2.75) is 50.5 Å². The van der Waals surface area contributed by atoms with E-state index in [1.54, 1.807) is 13.8 Å². The number of aliphatic hydroxyl groups is 4. The Morgan fingerprint density at radius 3 is 2.07 bits per heavy atom. The molecule has 2 rings (SSSR count). The van der Waals surface area contributed by atoms with Gasteiger partial charge < -0.3 is 25.2 Å². The molecule has 2 aliphatic heterocycles. The van der Waals surface area contributed by atoms with Crippen molar-refractivity contribution in [1.29, 1.82) is 0 Å². The van der Waals surface area contributed by atoms with Crippen molar-refractivity contribution < 1.29 is 25.2 Å². The lowest BCUT2D eigenvalue weighted by atomic mass is 9.81. The van der Waals surface area contributed by atoms with Gasteiger partial charge in [-0.3, -0.25) is 0 Å². The maximum absolute atomic E-state index is 9.83. The zero-order valence-corrected chi connectivity index (χ0v) is 8.16. The molecule has 82 valence electrons. The molecule has 0 aromatic rings. The third-order valence-electron chi connectivity index (χ3n) is 3.46. The van der Waals surface area contributed by atoms with Gasteiger partial charge in [0.2, 0.25) is 0 Å². The van der Waals surface area contributed by atoms with E-state index in [2.05, 4.69) is 0 Å². The zero-order valence-electron chi connectivity index (χ0n) is 8.16. The minimum Gasteiger partial charge on any atom is -0.390 e. The SMILES string of the molecule is CC1(C)C(O)C2OC1C(O)C(O)C2O. The van der Waals surface area contributed by atoms with Gasteiger partial charge in [-0.2, -0.15) is 0 Å². The first-order valence-corrected chi connectivity index (χ1v) is 4.75. The summed E-state index contributed by atoms with van der Waals surface area (Å²) < 4.78 is 5.31. The molecule has 0 aromatic carbocycles. The monoisotopic (exact) mass is 204 g/mol. The Kier molecular flexibility index (Phi) is 2.14. The van der Waals surface area contributed by atoms with Crippen LogP contribution in [0.25, 0.3) is 0 Å². The molecule has 2 aliphatic rings. The van der Waals surface area contributed by atoms with Crippen LogP contribution in [-0.2, 0) is 4.74 Å². The molecule has 0 radical (unpaired) electrons. The number of rotatable bonds is 0. The smallest absolute Gasteiger partial charge is 0.113 e. The molecule has 2 fully saturated rings. The quantitative estimate of drug-likeness (QED) is 0.375. The lowest BCUT2D eigenvalue weighted by molar-refractivity contribution is -0.206. The fourth-order valence-corrected chi connectivity index (χ4v) is 2.37. The topological polar surface area (TPSA) is 90.2 Å². The molecule has 2 bridgehead atoms. The van der Waals surface area contributed by atoms with Crippen LogP contribution in [-0.4, -0.2) is 57.0 Å². The second kappa shape index (κ2) is 2.90. The summed E-state index contributed by atoms with van der Waals surface area (Å²) in [5.41, 5.74) is -0.650. The molecule has 4 N–H and O–H groups in total. The summed E-state index contributed by atoms with van der Waals surface area (Å²) in [6.45, 7) is 3.49. The molecular weight excluding hydrogens is 188 g/mol. The van der Waals surface area contributed by atoms with Gasteiger partial charge in [0, 0.05) is 5.41 Å². The third-order valence-corrected chi connectivity index (χ3v) is 3.46. The van der Waals surface area contributed by atoms with Gasteiger partial charge in [0.15, 0.2) is 0 Å². The maximum atomic E-state index is 9.83. The summed E-state index contributed by atoms with van der Waals surface area (Å²) in [5, 5.41) is 38.5. The molecule has 5 heteroatoms. The number of hydrogen-bond donors (Lipinski definition) is 4. The molecular formula is C9H16O5. The molecule has 6 atom stereocenters. The van der Waals surface area contributed by atoms with Crippen LogP contribution in [0, 0.1) is 5.41 Å². The van der Waals surface area contributed by atoms with E-state index in [0.717, 1.165) is 0 Å². The normalized spacial score (nSPS) is 56.1. The Morgan fingerprint density at radius 1 is 0.929 bits per heavy atom. The van der Waals surface area contributed by atoms with Gasteiger partial charge in [0.1, 0.15) is 24.4 Å². The Bertz CT molecular complexity index is 241. The highest BCUT2D eigenvalue weighted by Gasteiger charge is 2.61. The van der Waals surface area contributed by atoms with Crippen molar-refractivity contribution in [2.75, 3.05) is 0 Å². The standard InChI is InChI=1S/C9H16O5/c1-9(2)7(13)6-4(11)3(10)5(12)8(9)14-6/h3-8,10-13H,1-2H3. The van der Waals surface area contributed by atoms with Crippen molar-refractivity contribution in [2.24, 2.45) is 5.41 Å². The minimum absolute atomic E-state index is 0.624. The summed E-state index contributed by atoms with van der Waals surface area (Å²) in [4.78, 5) is 0. The van der Waals surface area contributed by atoms with Crippen LogP contribution in [0.5, 0.6) is 0 Å². The molecule has 2 saturated heterocycles. The van der Waals surface area contributed by atoms with Crippen LogP contribution in [0.3, 0.4) is 0 Å². The Morgan fingerprint density at radius 2 is 1.50 bits per heavy atom. The van der Waals surface area contributed by atoms with Crippen molar-refractivity contribution >= 4 is 0 Å². The van der Waals surface area contributed by atoms with Gasteiger partial charge in [-0.05, 0) is 0 Å². The van der Waals surface area contributed by atoms with Gasteiger partial charge >= 0.3 is 0 Å². The molecule has 6 unspecified atom stereocenters. The first-order valence-electron chi connectivity index (χ1n) is 4.75. The van der Waals surface area contributed by atoms with Crippen molar-refractivity contribution in [3.63, 3.8) is 0 Å². The highest BCUT2D eigenvalue weighted by atomic mass is 16.6. The van der Waals surface area contributed by atoms with Crippen LogP contribution in [0.4, 0.5) is 0 Å². The summed E-state index contributed by atoms with van der Waals surface area (Å²) in [7, 11) is 0. The van der Waals surface area contributed by atoms with Gasteiger partial charge in [0.05, 0.1) is 12.2 Å². The predicted molar refractivity (Wildman–Crippen MR) is 46.5 cm³/mol. The Hall–Kier alpha value is -0.200. The highest BCUT2D eigenvalue weighted by Crippen LogP contribution is 2.45. The first kappa shape index (κ1) is 10.3. The summed E-state index contributed by atoms with van der Waals surface area (Å²) in [5.74, 6) is 0. The Balaban J connectivity index is 2.35. The molecule has 2 heterocycles. The van der Waals surface area contributed by atoms with E-state index in [4.69, 9.17) is 4.74 Å². The van der Waals surface area contributed by atoms with Crippen LogP contribution < -0.4 is 0 Å². The molecule has 0 aromatic heterocycles. The lowest BCUT2D eigenvalue weighted by Crippen LogP contribution is -2.55. The van der Waals surface area contributed by atoms with E-state index in [-0.39, 0.29) is 0 Å². The fourth-order valence-electron chi connectivity index (χ4n) is 2.37. The second-order valence-electron chi connectivity index (χ2n) is 4.76. The van der Waals surface area contributed by atoms with E-state index in [1.165, 1.54) is 0 Å². The molecule has 0 saturated carbocycles. The van der Waals surface area contributed by atoms with Crippen molar-refractivity contribution in [1.82, 2.24) is 0 Å². The average Bonchev–Trinajstić information content (AvgIpc) is 2.33. The Labute approximate surface area is 81.9 Å². The van der Waals surface area contributed by atoms with E-state index in [9.17, 15) is 20.4 Å². The van der Waals surface area contributed by atoms with E-state index < -0.39 is 42.0 Å². The number of hydrogen-bond acceptors (Lipinski definition) is 5. The molecule has 5 nitrogen and oxygen atoms in total. The largest absolute Gasteiger partial charge is 0.390 e. The van der Waals surface area contributed by atoms with Crippen LogP contribution >= 0.6 is 0 Å². The average molecular weight is 204 g/mol. The molecule has 0 spiro atoms. The predicted octanol–water partition coefficient (Wildman–Crippen LogP) is -1.76. The highest BCUT2D eigenvalue weighted by molar-refractivity contribution is 5.09. The van der Waals surface area contributed by atoms with E-state index >= 15 is 0 Å². The van der Waals surface area contributed by atoms with Crippen LogP contribution in [0.15, 0.2) is 0 Å². The molecule has 0 amide bonds. The van der Waals surface area contributed by atoms with E-state index in [0.29, 0.717) is 0 Å². The third kappa shape index (κ3) is 1.07. The van der Waals surface area contributed by atoms with Crippen LogP contribution in [0.2, 0.25) is 0 Å². The summed E-state index contributed by atoms with van der Waals surface area (Å²) in [6.07, 6.45) is -5.90. The lowest BCUT2D eigenvalue weighted by Gasteiger charge is -2.36. The number of fused-ring (bicyclic) bond motifs is 2. The first-order chi connectivity index (χ1) is 6.37.